The van der Waals surface area contributed by atoms with Gasteiger partial charge in [-0.3, -0.25) is 4.79 Å². The van der Waals surface area contributed by atoms with Gasteiger partial charge in [0.1, 0.15) is 13.2 Å². The predicted octanol–water partition coefficient (Wildman–Crippen LogP) is 4.94. The fraction of sp³-hybridized carbons (Fsp3) is 0.519. The number of alkyl carbamates (subject to hydrolysis) is 2. The molecule has 0 aliphatic carbocycles. The summed E-state index contributed by atoms with van der Waals surface area (Å²) in [5.41, 5.74) is 1.27. The van der Waals surface area contributed by atoms with Crippen molar-refractivity contribution in [2.45, 2.75) is 52.5 Å². The monoisotopic (exact) mass is 578 g/mol. The van der Waals surface area contributed by atoms with Crippen molar-refractivity contribution < 1.29 is 23.9 Å². The highest BCUT2D eigenvalue weighted by molar-refractivity contribution is 9.11. The molecule has 1 aliphatic heterocycles. The maximum atomic E-state index is 13.4. The van der Waals surface area contributed by atoms with Crippen LogP contribution in [0.3, 0.4) is 0 Å². The zero-order valence-electron chi connectivity index (χ0n) is 22.0. The minimum Gasteiger partial charge on any atom is -0.448 e. The molecule has 204 valence electrons. The van der Waals surface area contributed by atoms with Crippen molar-refractivity contribution >= 4 is 39.7 Å². The Morgan fingerprint density at radius 1 is 1.08 bits per heavy atom. The minimum atomic E-state index is -0.644. The molecule has 0 saturated heterocycles. The van der Waals surface area contributed by atoms with Gasteiger partial charge in [0.2, 0.25) is 0 Å². The summed E-state index contributed by atoms with van der Waals surface area (Å²) in [6.45, 7) is 8.02. The summed E-state index contributed by atoms with van der Waals surface area (Å²) in [6, 6.07) is 9.31. The second-order valence-electron chi connectivity index (χ2n) is 8.82. The number of anilines is 1. The molecule has 1 aromatic carbocycles. The van der Waals surface area contributed by atoms with Gasteiger partial charge in [-0.2, -0.15) is 0 Å². The summed E-state index contributed by atoms with van der Waals surface area (Å²) in [6.07, 6.45) is 6.51. The molecule has 1 heterocycles. The van der Waals surface area contributed by atoms with Crippen LogP contribution in [-0.2, 0) is 14.3 Å². The first-order valence-corrected chi connectivity index (χ1v) is 13.7. The first-order valence-electron chi connectivity index (χ1n) is 12.9. The molecule has 0 fully saturated rings. The number of carbonyl (C=O) groups is 3. The van der Waals surface area contributed by atoms with Crippen LogP contribution in [-0.4, -0.2) is 68.4 Å². The average molecular weight is 580 g/mol. The second kappa shape index (κ2) is 16.7. The molecule has 10 heteroatoms. The van der Waals surface area contributed by atoms with Crippen LogP contribution in [0.5, 0.6) is 0 Å². The molecule has 2 rings (SSSR count). The number of hydrogen-bond donors (Lipinski definition) is 2. The zero-order valence-corrected chi connectivity index (χ0v) is 23.6. The van der Waals surface area contributed by atoms with Crippen LogP contribution in [0.1, 0.15) is 46.5 Å². The highest BCUT2D eigenvalue weighted by atomic mass is 79.9. The number of hydrogen-bond acceptors (Lipinski definition) is 6. The van der Waals surface area contributed by atoms with E-state index < -0.39 is 12.2 Å². The number of para-hydroxylation sites is 1. The smallest absolute Gasteiger partial charge is 0.407 e. The number of unbranched alkanes of at least 4 members (excludes halogenated alkanes) is 1. The molecular weight excluding hydrogens is 540 g/mol. The lowest BCUT2D eigenvalue weighted by atomic mass is 10.1. The largest absolute Gasteiger partial charge is 0.448 e. The highest BCUT2D eigenvalue weighted by Crippen LogP contribution is 2.23. The van der Waals surface area contributed by atoms with Gasteiger partial charge >= 0.3 is 12.2 Å². The number of benzene rings is 1. The lowest BCUT2D eigenvalue weighted by molar-refractivity contribution is -0.115. The second-order valence-corrected chi connectivity index (χ2v) is 9.84. The Morgan fingerprint density at radius 3 is 2.51 bits per heavy atom. The Kier molecular flexibility index (Phi) is 13.6. The highest BCUT2D eigenvalue weighted by Gasteiger charge is 2.22. The van der Waals surface area contributed by atoms with Gasteiger partial charge < -0.3 is 29.9 Å². The average Bonchev–Trinajstić information content (AvgIpc) is 2.88. The molecule has 1 aliphatic rings. The van der Waals surface area contributed by atoms with E-state index >= 15 is 0 Å². The van der Waals surface area contributed by atoms with Crippen LogP contribution in [0.2, 0.25) is 0 Å². The van der Waals surface area contributed by atoms with Crippen molar-refractivity contribution in [2.24, 2.45) is 0 Å². The van der Waals surface area contributed by atoms with Gasteiger partial charge in [0, 0.05) is 35.5 Å². The van der Waals surface area contributed by atoms with Crippen LogP contribution in [0.15, 0.2) is 52.7 Å². The summed E-state index contributed by atoms with van der Waals surface area (Å²) < 4.78 is 11.3. The molecule has 0 saturated carbocycles. The number of nitrogens with zero attached hydrogens (tertiary/aromatic N) is 2. The molecule has 1 atom stereocenters. The van der Waals surface area contributed by atoms with Gasteiger partial charge in [0.15, 0.2) is 0 Å². The fourth-order valence-electron chi connectivity index (χ4n) is 3.75. The van der Waals surface area contributed by atoms with Crippen molar-refractivity contribution in [3.63, 3.8) is 0 Å². The van der Waals surface area contributed by atoms with Crippen molar-refractivity contribution in [2.75, 3.05) is 44.3 Å². The maximum absolute atomic E-state index is 13.4. The Bertz CT molecular complexity index is 938. The number of amides is 3. The summed E-state index contributed by atoms with van der Waals surface area (Å²) in [5.74, 6) is -0.180. The Morgan fingerprint density at radius 2 is 1.81 bits per heavy atom. The standard InChI is InChI=1S/C27H39BrN4O5/c1-4-6-10-21(3)30-27(35)36-16-13-29-26(34)37-17-15-32(24-11-8-7-9-12-24)25(33)22-18-23(28)20-31(19-22)14-5-2/h7-9,11-12,18-19,21H,4-6,10,13-17,20H2,1-3H3,(H,29,34)(H,30,35). The minimum absolute atomic E-state index is 0.000404. The normalized spacial score (nSPS) is 13.7. The van der Waals surface area contributed by atoms with Crippen LogP contribution in [0, 0.1) is 0 Å². The molecule has 9 nitrogen and oxygen atoms in total. The first kappa shape index (κ1) is 30.2. The SMILES string of the molecule is CCCCC(C)NC(=O)OCCNC(=O)OCCN(C(=O)C1=CN(CCC)CC(Br)=C1)c1ccccc1. The van der Waals surface area contributed by atoms with E-state index in [2.05, 4.69) is 45.3 Å². The van der Waals surface area contributed by atoms with Gasteiger partial charge in [0.05, 0.1) is 18.7 Å². The van der Waals surface area contributed by atoms with E-state index in [0.29, 0.717) is 11.3 Å². The molecule has 1 unspecified atom stereocenters. The van der Waals surface area contributed by atoms with Crippen molar-refractivity contribution in [3.05, 3.63) is 52.7 Å². The topological polar surface area (TPSA) is 100 Å². The van der Waals surface area contributed by atoms with Crippen LogP contribution in [0.25, 0.3) is 0 Å². The summed E-state index contributed by atoms with van der Waals surface area (Å²) in [7, 11) is 0. The Balaban J connectivity index is 1.83. The van der Waals surface area contributed by atoms with Crippen LogP contribution >= 0.6 is 15.9 Å². The van der Waals surface area contributed by atoms with Crippen molar-refractivity contribution in [1.29, 1.82) is 0 Å². The van der Waals surface area contributed by atoms with Gasteiger partial charge in [-0.1, -0.05) is 60.8 Å². The number of ether oxygens (including phenoxy) is 2. The molecule has 0 aromatic heterocycles. The molecule has 0 bridgehead atoms. The Labute approximate surface area is 228 Å². The maximum Gasteiger partial charge on any atom is 0.407 e. The van der Waals surface area contributed by atoms with Gasteiger partial charge in [-0.25, -0.2) is 9.59 Å². The van der Waals surface area contributed by atoms with Crippen LogP contribution in [0.4, 0.5) is 15.3 Å². The van der Waals surface area contributed by atoms with E-state index in [1.54, 1.807) is 4.90 Å². The molecule has 1 aromatic rings. The number of nitrogens with one attached hydrogen (secondary N) is 2. The lowest BCUT2D eigenvalue weighted by Gasteiger charge is -2.28. The third-order valence-corrected chi connectivity index (χ3v) is 6.05. The summed E-state index contributed by atoms with van der Waals surface area (Å²) >= 11 is 3.54. The van der Waals surface area contributed by atoms with Crippen molar-refractivity contribution in [3.8, 4) is 0 Å². The fourth-order valence-corrected chi connectivity index (χ4v) is 4.32. The Hall–Kier alpha value is -3.01. The summed E-state index contributed by atoms with van der Waals surface area (Å²) in [5, 5.41) is 5.31. The van der Waals surface area contributed by atoms with E-state index in [1.165, 1.54) is 0 Å². The quantitative estimate of drug-likeness (QED) is 0.303. The lowest BCUT2D eigenvalue weighted by Crippen LogP contribution is -2.38. The molecule has 3 amide bonds. The van der Waals surface area contributed by atoms with E-state index in [-0.39, 0.29) is 38.3 Å². The van der Waals surface area contributed by atoms with E-state index in [1.807, 2.05) is 49.5 Å². The van der Waals surface area contributed by atoms with Gasteiger partial charge in [-0.05, 0) is 38.0 Å². The van der Waals surface area contributed by atoms with Gasteiger partial charge in [0.25, 0.3) is 5.91 Å². The van der Waals surface area contributed by atoms with E-state index in [4.69, 9.17) is 9.47 Å². The van der Waals surface area contributed by atoms with Crippen LogP contribution < -0.4 is 15.5 Å². The third-order valence-electron chi connectivity index (χ3n) is 5.57. The van der Waals surface area contributed by atoms with E-state index in [9.17, 15) is 14.4 Å². The molecule has 0 radical (unpaired) electrons. The number of carbonyl (C=O) groups excluding carboxylic acids is 3. The molecular formula is C27H39BrN4O5. The van der Waals surface area contributed by atoms with Crippen molar-refractivity contribution in [1.82, 2.24) is 15.5 Å². The predicted molar refractivity (Wildman–Crippen MR) is 149 cm³/mol. The molecule has 2 N–H and O–H groups in total. The third kappa shape index (κ3) is 11.3. The first-order chi connectivity index (χ1) is 17.8. The van der Waals surface area contributed by atoms with Gasteiger partial charge in [-0.15, -0.1) is 0 Å². The molecule has 37 heavy (non-hydrogen) atoms. The summed E-state index contributed by atoms with van der Waals surface area (Å²) in [4.78, 5) is 41.0. The van der Waals surface area contributed by atoms with E-state index in [0.717, 1.165) is 43.3 Å². The number of halogens is 1. The number of rotatable bonds is 14. The molecule has 0 spiro atoms. The zero-order chi connectivity index (χ0) is 27.0.